The average Bonchev–Trinajstić information content (AvgIpc) is 2.43. The summed E-state index contributed by atoms with van der Waals surface area (Å²) in [7, 11) is 0. The smallest absolute Gasteiger partial charge is 0.323 e. The maximum Gasteiger partial charge on any atom is 0.323 e. The van der Waals surface area contributed by atoms with Crippen LogP contribution in [0.1, 0.15) is 59.3 Å². The Bertz CT molecular complexity index is 225. The van der Waals surface area contributed by atoms with Gasteiger partial charge in [-0.25, -0.2) is 0 Å². The minimum atomic E-state index is -0.518. The molecule has 0 saturated heterocycles. The molecule has 1 atom stereocenters. The lowest BCUT2D eigenvalue weighted by Crippen LogP contribution is -2.44. The molecule has 0 radical (unpaired) electrons. The minimum Gasteiger partial charge on any atom is -0.461 e. The minimum absolute atomic E-state index is 0.100. The zero-order valence-electron chi connectivity index (χ0n) is 10.8. The van der Waals surface area contributed by atoms with Crippen molar-refractivity contribution in [3.63, 3.8) is 0 Å². The van der Waals surface area contributed by atoms with E-state index >= 15 is 0 Å². The van der Waals surface area contributed by atoms with E-state index in [9.17, 15) is 4.79 Å². The van der Waals surface area contributed by atoms with E-state index in [-0.39, 0.29) is 17.5 Å². The van der Waals surface area contributed by atoms with Crippen LogP contribution in [-0.2, 0) is 9.53 Å². The first-order valence-corrected chi connectivity index (χ1v) is 6.37. The van der Waals surface area contributed by atoms with Gasteiger partial charge >= 0.3 is 5.97 Å². The predicted molar refractivity (Wildman–Crippen MR) is 65.0 cm³/mol. The van der Waals surface area contributed by atoms with Gasteiger partial charge in [0.15, 0.2) is 0 Å². The highest BCUT2D eigenvalue weighted by molar-refractivity contribution is 5.76. The molecule has 0 aromatic carbocycles. The molecule has 0 aliphatic heterocycles. The summed E-state index contributed by atoms with van der Waals surface area (Å²) < 4.78 is 5.50. The zero-order chi connectivity index (χ0) is 12.2. The van der Waals surface area contributed by atoms with E-state index in [0.717, 1.165) is 12.8 Å². The molecule has 3 nitrogen and oxygen atoms in total. The van der Waals surface area contributed by atoms with Gasteiger partial charge in [-0.15, -0.1) is 0 Å². The highest BCUT2D eigenvalue weighted by Crippen LogP contribution is 2.23. The van der Waals surface area contributed by atoms with Crippen molar-refractivity contribution < 1.29 is 9.53 Å². The third-order valence-electron chi connectivity index (χ3n) is 3.27. The molecule has 1 saturated carbocycles. The van der Waals surface area contributed by atoms with E-state index in [1.165, 1.54) is 25.7 Å². The van der Waals surface area contributed by atoms with Crippen LogP contribution in [-0.4, -0.2) is 18.1 Å². The summed E-state index contributed by atoms with van der Waals surface area (Å²) >= 11 is 0. The van der Waals surface area contributed by atoms with Crippen LogP contribution in [0.2, 0.25) is 0 Å². The summed E-state index contributed by atoms with van der Waals surface area (Å²) in [5, 5.41) is 0. The van der Waals surface area contributed by atoms with Crippen LogP contribution in [0, 0.1) is 5.41 Å². The van der Waals surface area contributed by atoms with Crippen molar-refractivity contribution in [2.75, 3.05) is 0 Å². The number of rotatable bonds is 2. The quantitative estimate of drug-likeness (QED) is 0.583. The molecule has 0 aromatic heterocycles. The Labute approximate surface area is 98.7 Å². The van der Waals surface area contributed by atoms with Crippen LogP contribution in [0.5, 0.6) is 0 Å². The van der Waals surface area contributed by atoms with Gasteiger partial charge < -0.3 is 10.5 Å². The summed E-state index contributed by atoms with van der Waals surface area (Å²) in [4.78, 5) is 11.8. The van der Waals surface area contributed by atoms with Crippen LogP contribution < -0.4 is 5.73 Å². The third kappa shape index (κ3) is 4.12. The highest BCUT2D eigenvalue weighted by Gasteiger charge is 2.30. The lowest BCUT2D eigenvalue weighted by atomic mass is 9.87. The summed E-state index contributed by atoms with van der Waals surface area (Å²) in [5.74, 6) is -0.237. The number of carbonyl (C=O) groups excluding carboxylic acids is 1. The molecule has 2 N–H and O–H groups in total. The molecule has 0 heterocycles. The molecule has 0 amide bonds. The average molecular weight is 227 g/mol. The van der Waals surface area contributed by atoms with Gasteiger partial charge in [0, 0.05) is 0 Å². The predicted octanol–water partition coefficient (Wildman–Crippen LogP) is 2.63. The number of hydrogen-bond donors (Lipinski definition) is 1. The van der Waals surface area contributed by atoms with Gasteiger partial charge in [0.2, 0.25) is 0 Å². The topological polar surface area (TPSA) is 52.3 Å². The van der Waals surface area contributed by atoms with Gasteiger partial charge in [-0.2, -0.15) is 0 Å². The van der Waals surface area contributed by atoms with Crippen LogP contribution >= 0.6 is 0 Å². The summed E-state index contributed by atoms with van der Waals surface area (Å²) in [6.07, 6.45) is 6.97. The van der Waals surface area contributed by atoms with E-state index in [2.05, 4.69) is 0 Å². The first-order valence-electron chi connectivity index (χ1n) is 6.37. The Morgan fingerprint density at radius 1 is 1.19 bits per heavy atom. The van der Waals surface area contributed by atoms with Crippen LogP contribution in [0.4, 0.5) is 0 Å². The van der Waals surface area contributed by atoms with Crippen molar-refractivity contribution in [2.45, 2.75) is 71.4 Å². The number of carbonyl (C=O) groups is 1. The molecule has 1 aliphatic carbocycles. The van der Waals surface area contributed by atoms with Crippen molar-refractivity contribution >= 4 is 5.97 Å². The van der Waals surface area contributed by atoms with Gasteiger partial charge in [0.1, 0.15) is 12.1 Å². The SMILES string of the molecule is CC(C)(C)[C@H](N)C(=O)OC1CCCCCC1. The second-order valence-corrected chi connectivity index (χ2v) is 5.89. The van der Waals surface area contributed by atoms with Gasteiger partial charge in [0.25, 0.3) is 0 Å². The summed E-state index contributed by atoms with van der Waals surface area (Å²) in [5.41, 5.74) is 5.66. The lowest BCUT2D eigenvalue weighted by molar-refractivity contribution is -0.153. The first kappa shape index (κ1) is 13.5. The maximum absolute atomic E-state index is 11.8. The zero-order valence-corrected chi connectivity index (χ0v) is 10.8. The molecule has 0 aromatic rings. The fraction of sp³-hybridized carbons (Fsp3) is 0.923. The fourth-order valence-electron chi connectivity index (χ4n) is 1.95. The first-order chi connectivity index (χ1) is 7.41. The molecule has 0 spiro atoms. The number of hydrogen-bond acceptors (Lipinski definition) is 3. The Balaban J connectivity index is 2.43. The van der Waals surface area contributed by atoms with Gasteiger partial charge in [0.05, 0.1) is 0 Å². The van der Waals surface area contributed by atoms with E-state index in [1.54, 1.807) is 0 Å². The Hall–Kier alpha value is -0.570. The van der Waals surface area contributed by atoms with Gasteiger partial charge in [-0.3, -0.25) is 4.79 Å². The van der Waals surface area contributed by atoms with Crippen LogP contribution in [0.3, 0.4) is 0 Å². The van der Waals surface area contributed by atoms with Gasteiger partial charge in [-0.05, 0) is 31.1 Å². The number of ether oxygens (including phenoxy) is 1. The van der Waals surface area contributed by atoms with Crippen molar-refractivity contribution in [3.05, 3.63) is 0 Å². The van der Waals surface area contributed by atoms with Gasteiger partial charge in [-0.1, -0.05) is 33.6 Å². The van der Waals surface area contributed by atoms with E-state index in [1.807, 2.05) is 20.8 Å². The van der Waals surface area contributed by atoms with Crippen LogP contribution in [0.15, 0.2) is 0 Å². The summed E-state index contributed by atoms with van der Waals surface area (Å²) in [6.45, 7) is 5.89. The Morgan fingerprint density at radius 3 is 2.12 bits per heavy atom. The molecule has 1 rings (SSSR count). The molecular weight excluding hydrogens is 202 g/mol. The van der Waals surface area contributed by atoms with Crippen molar-refractivity contribution in [1.82, 2.24) is 0 Å². The molecule has 3 heteroatoms. The largest absolute Gasteiger partial charge is 0.461 e. The van der Waals surface area contributed by atoms with Crippen molar-refractivity contribution in [1.29, 1.82) is 0 Å². The van der Waals surface area contributed by atoms with Crippen molar-refractivity contribution in [2.24, 2.45) is 11.1 Å². The lowest BCUT2D eigenvalue weighted by Gasteiger charge is -2.27. The standard InChI is InChI=1S/C13H25NO2/c1-13(2,3)11(14)12(15)16-10-8-6-4-5-7-9-10/h10-11H,4-9,14H2,1-3H3/t11-/m1/s1. The van der Waals surface area contributed by atoms with Crippen LogP contribution in [0.25, 0.3) is 0 Å². The monoisotopic (exact) mass is 227 g/mol. The Morgan fingerprint density at radius 2 is 1.69 bits per heavy atom. The molecule has 16 heavy (non-hydrogen) atoms. The Kier molecular flexibility index (Phi) is 4.78. The number of nitrogens with two attached hydrogens (primary N) is 1. The maximum atomic E-state index is 11.8. The molecule has 0 bridgehead atoms. The molecule has 94 valence electrons. The van der Waals surface area contributed by atoms with Crippen molar-refractivity contribution in [3.8, 4) is 0 Å². The molecule has 1 aliphatic rings. The number of esters is 1. The highest BCUT2D eigenvalue weighted by atomic mass is 16.5. The fourth-order valence-corrected chi connectivity index (χ4v) is 1.95. The second-order valence-electron chi connectivity index (χ2n) is 5.89. The molecule has 0 unspecified atom stereocenters. The third-order valence-corrected chi connectivity index (χ3v) is 3.27. The molecular formula is C13H25NO2. The normalized spacial score (nSPS) is 21.2. The summed E-state index contributed by atoms with van der Waals surface area (Å²) in [6, 6.07) is -0.518. The van der Waals surface area contributed by atoms with E-state index in [4.69, 9.17) is 10.5 Å². The van der Waals surface area contributed by atoms with E-state index < -0.39 is 6.04 Å². The van der Waals surface area contributed by atoms with E-state index in [0.29, 0.717) is 0 Å². The second kappa shape index (κ2) is 5.67. The molecule has 1 fully saturated rings.